The van der Waals surface area contributed by atoms with Gasteiger partial charge in [-0.15, -0.1) is 0 Å². The molecule has 122 valence electrons. The molecule has 0 bridgehead atoms. The van der Waals surface area contributed by atoms with Crippen molar-refractivity contribution in [3.05, 3.63) is 80.3 Å². The van der Waals surface area contributed by atoms with E-state index in [1.807, 2.05) is 24.3 Å². The summed E-state index contributed by atoms with van der Waals surface area (Å²) in [5.74, 6) is -0.243. The molecule has 0 unspecified atom stereocenters. The molecule has 0 atom stereocenters. The predicted molar refractivity (Wildman–Crippen MR) is 96.6 cm³/mol. The maximum Gasteiger partial charge on any atom is 0.276 e. The van der Waals surface area contributed by atoms with Crippen LogP contribution in [0, 0.1) is 10.1 Å². The molecule has 0 fully saturated rings. The lowest BCUT2D eigenvalue weighted by molar-refractivity contribution is -0.385. The van der Waals surface area contributed by atoms with Crippen LogP contribution in [0.1, 0.15) is 11.1 Å². The Bertz CT molecular complexity index is 786. The molecule has 6 nitrogen and oxygen atoms in total. The van der Waals surface area contributed by atoms with Crippen molar-refractivity contribution < 1.29 is 9.72 Å². The third-order valence-electron chi connectivity index (χ3n) is 3.04. The molecule has 1 amide bonds. The molecule has 2 aromatic carbocycles. The summed E-state index contributed by atoms with van der Waals surface area (Å²) in [4.78, 5) is 22.1. The molecule has 0 spiro atoms. The largest absolute Gasteiger partial charge is 0.276 e. The van der Waals surface area contributed by atoms with Gasteiger partial charge in [0.2, 0.25) is 5.91 Å². The first-order chi connectivity index (χ1) is 11.6. The first kappa shape index (κ1) is 17.6. The number of nitrogens with zero attached hydrogens (tertiary/aromatic N) is 2. The van der Waals surface area contributed by atoms with Gasteiger partial charge in [-0.1, -0.05) is 40.2 Å². The molecule has 1 N–H and O–H groups in total. The Morgan fingerprint density at radius 3 is 2.62 bits per heavy atom. The molecule has 2 rings (SSSR count). The number of halogens is 1. The first-order valence-corrected chi connectivity index (χ1v) is 7.82. The van der Waals surface area contributed by atoms with Gasteiger partial charge in [0.15, 0.2) is 0 Å². The van der Waals surface area contributed by atoms with Gasteiger partial charge in [0.05, 0.1) is 16.9 Å². The van der Waals surface area contributed by atoms with E-state index in [0.717, 1.165) is 10.0 Å². The zero-order valence-corrected chi connectivity index (χ0v) is 14.1. The lowest BCUT2D eigenvalue weighted by Crippen LogP contribution is -2.19. The molecule has 0 aliphatic carbocycles. The van der Waals surface area contributed by atoms with Gasteiger partial charge in [-0.25, -0.2) is 5.43 Å². The number of hydrogen-bond donors (Lipinski definition) is 1. The van der Waals surface area contributed by atoms with Crippen molar-refractivity contribution in [2.75, 3.05) is 0 Å². The number of carbonyl (C=O) groups is 1. The van der Waals surface area contributed by atoms with Crippen LogP contribution in [0.15, 0.2) is 64.2 Å². The number of allylic oxidation sites excluding steroid dienone is 1. The molecule has 24 heavy (non-hydrogen) atoms. The summed E-state index contributed by atoms with van der Waals surface area (Å²) in [5, 5.41) is 14.7. The number of carbonyl (C=O) groups excluding carboxylic acids is 1. The molecule has 0 radical (unpaired) electrons. The van der Waals surface area contributed by atoms with E-state index in [1.165, 1.54) is 18.4 Å². The van der Waals surface area contributed by atoms with Crippen molar-refractivity contribution in [3.8, 4) is 0 Å². The molecular formula is C17H14BrN3O3. The number of nitro benzene ring substituents is 1. The fourth-order valence-electron chi connectivity index (χ4n) is 1.92. The fraction of sp³-hybridized carbons (Fsp3) is 0.0588. The molecule has 0 heterocycles. The second-order valence-electron chi connectivity index (χ2n) is 4.79. The van der Waals surface area contributed by atoms with Crippen LogP contribution in [0.5, 0.6) is 0 Å². The van der Waals surface area contributed by atoms with Crippen LogP contribution in [0.3, 0.4) is 0 Å². The number of para-hydroxylation sites is 1. The molecule has 0 aliphatic rings. The second-order valence-corrected chi connectivity index (χ2v) is 5.71. The minimum Gasteiger partial charge on any atom is -0.273 e. The molecule has 0 saturated heterocycles. The Kier molecular flexibility index (Phi) is 6.39. The smallest absolute Gasteiger partial charge is 0.273 e. The number of nitro groups is 1. The number of rotatable bonds is 6. The normalized spacial score (nSPS) is 11.0. The predicted octanol–water partition coefficient (Wildman–Crippen LogP) is 3.72. The van der Waals surface area contributed by atoms with Crippen molar-refractivity contribution in [1.82, 2.24) is 5.43 Å². The minimum absolute atomic E-state index is 0.0152. The average molecular weight is 388 g/mol. The third-order valence-corrected chi connectivity index (χ3v) is 3.57. The molecule has 0 aliphatic heterocycles. The third kappa shape index (κ3) is 5.44. The highest BCUT2D eigenvalue weighted by Crippen LogP contribution is 2.18. The van der Waals surface area contributed by atoms with Gasteiger partial charge in [0, 0.05) is 16.8 Å². The number of amides is 1. The average Bonchev–Trinajstić information content (AvgIpc) is 2.57. The van der Waals surface area contributed by atoms with Crippen molar-refractivity contribution in [2.45, 2.75) is 6.42 Å². The zero-order valence-electron chi connectivity index (χ0n) is 12.6. The van der Waals surface area contributed by atoms with Gasteiger partial charge in [-0.3, -0.25) is 14.9 Å². The lowest BCUT2D eigenvalue weighted by atomic mass is 10.1. The maximum absolute atomic E-state index is 11.7. The number of hydrogen-bond acceptors (Lipinski definition) is 4. The highest BCUT2D eigenvalue weighted by atomic mass is 79.9. The van der Waals surface area contributed by atoms with E-state index in [4.69, 9.17) is 0 Å². The summed E-state index contributed by atoms with van der Waals surface area (Å²) in [6.07, 6.45) is 4.68. The zero-order chi connectivity index (χ0) is 17.4. The highest BCUT2D eigenvalue weighted by molar-refractivity contribution is 9.10. The van der Waals surface area contributed by atoms with Crippen LogP contribution in [0.4, 0.5) is 5.69 Å². The molecule has 7 heteroatoms. The van der Waals surface area contributed by atoms with Gasteiger partial charge in [-0.2, -0.15) is 5.10 Å². The van der Waals surface area contributed by atoms with E-state index in [9.17, 15) is 14.9 Å². The topological polar surface area (TPSA) is 84.6 Å². The number of nitrogens with one attached hydrogen (secondary N) is 1. The van der Waals surface area contributed by atoms with Gasteiger partial charge in [0.25, 0.3) is 5.69 Å². The molecule has 0 aromatic heterocycles. The standard InChI is InChI=1S/C17H14BrN3O3/c18-15-9-7-13(8-10-15)12-17(22)20-19-11-3-5-14-4-1-2-6-16(14)21(23)24/h1-11H,12H2,(H,20,22)/b5-3+,19-11-. The summed E-state index contributed by atoms with van der Waals surface area (Å²) in [6.45, 7) is 0. The fourth-order valence-corrected chi connectivity index (χ4v) is 2.19. The van der Waals surface area contributed by atoms with Gasteiger partial charge in [0.1, 0.15) is 0 Å². The first-order valence-electron chi connectivity index (χ1n) is 7.02. The highest BCUT2D eigenvalue weighted by Gasteiger charge is 2.08. The molecule has 0 saturated carbocycles. The van der Waals surface area contributed by atoms with Gasteiger partial charge in [-0.05, 0) is 35.9 Å². The van der Waals surface area contributed by atoms with Crippen molar-refractivity contribution >= 4 is 39.8 Å². The van der Waals surface area contributed by atoms with Crippen LogP contribution in [0.2, 0.25) is 0 Å². The summed E-state index contributed by atoms with van der Waals surface area (Å²) in [5.41, 5.74) is 3.76. The van der Waals surface area contributed by atoms with Crippen LogP contribution in [0.25, 0.3) is 6.08 Å². The Hall–Kier alpha value is -2.80. The summed E-state index contributed by atoms with van der Waals surface area (Å²) < 4.78 is 0.949. The van der Waals surface area contributed by atoms with Crippen molar-refractivity contribution in [1.29, 1.82) is 0 Å². The van der Waals surface area contributed by atoms with Crippen molar-refractivity contribution in [2.24, 2.45) is 5.10 Å². The van der Waals surface area contributed by atoms with E-state index in [2.05, 4.69) is 26.5 Å². The van der Waals surface area contributed by atoms with Crippen LogP contribution in [-0.2, 0) is 11.2 Å². The van der Waals surface area contributed by atoms with Crippen molar-refractivity contribution in [3.63, 3.8) is 0 Å². The van der Waals surface area contributed by atoms with Gasteiger partial charge < -0.3 is 0 Å². The Morgan fingerprint density at radius 1 is 1.21 bits per heavy atom. The Balaban J connectivity index is 1.87. The van der Waals surface area contributed by atoms with E-state index in [-0.39, 0.29) is 18.0 Å². The summed E-state index contributed by atoms with van der Waals surface area (Å²) in [7, 11) is 0. The molecular weight excluding hydrogens is 374 g/mol. The van der Waals surface area contributed by atoms with E-state index in [1.54, 1.807) is 24.3 Å². The summed E-state index contributed by atoms with van der Waals surface area (Å²) >= 11 is 3.33. The SMILES string of the molecule is O=C(Cc1ccc(Br)cc1)N/N=C\C=C\c1ccccc1[N+](=O)[O-]. The maximum atomic E-state index is 11.7. The van der Waals surface area contributed by atoms with Crippen LogP contribution < -0.4 is 5.43 Å². The number of hydrazone groups is 1. The monoisotopic (exact) mass is 387 g/mol. The minimum atomic E-state index is -0.448. The Morgan fingerprint density at radius 2 is 1.92 bits per heavy atom. The quantitative estimate of drug-likeness (QED) is 0.465. The van der Waals surface area contributed by atoms with E-state index >= 15 is 0 Å². The Labute approximate surface area is 147 Å². The summed E-state index contributed by atoms with van der Waals surface area (Å²) in [6, 6.07) is 13.8. The van der Waals surface area contributed by atoms with Crippen LogP contribution in [-0.4, -0.2) is 17.0 Å². The lowest BCUT2D eigenvalue weighted by Gasteiger charge is -2.00. The second kappa shape index (κ2) is 8.73. The van der Waals surface area contributed by atoms with Gasteiger partial charge >= 0.3 is 0 Å². The number of benzene rings is 2. The van der Waals surface area contributed by atoms with E-state index < -0.39 is 4.92 Å². The van der Waals surface area contributed by atoms with Crippen LogP contribution >= 0.6 is 15.9 Å². The van der Waals surface area contributed by atoms with E-state index in [0.29, 0.717) is 5.56 Å². The molecule has 2 aromatic rings.